The van der Waals surface area contributed by atoms with Gasteiger partial charge in [-0.05, 0) is 38.5 Å². The van der Waals surface area contributed by atoms with Crippen LogP contribution < -0.4 is 0 Å². The molecule has 1 unspecified atom stereocenters. The number of benzene rings is 1. The molecular weight excluding hydrogens is 255 g/mol. The van der Waals surface area contributed by atoms with Crippen molar-refractivity contribution in [1.82, 2.24) is 4.90 Å². The average molecular weight is 271 g/mol. The van der Waals surface area contributed by atoms with E-state index in [1.807, 2.05) is 12.1 Å². The first-order valence-corrected chi connectivity index (χ1v) is 6.66. The Bertz CT molecular complexity index is 443. The number of nitrogens with zero attached hydrogens (tertiary/aromatic N) is 2. The summed E-state index contributed by atoms with van der Waals surface area (Å²) in [7, 11) is 0. The van der Waals surface area contributed by atoms with Crippen molar-refractivity contribution in [3.8, 4) is 0 Å². The van der Waals surface area contributed by atoms with Crippen molar-refractivity contribution in [3.63, 3.8) is 0 Å². The lowest BCUT2D eigenvalue weighted by atomic mass is 10.2. The Hall–Kier alpha value is -0.730. The Balaban J connectivity index is 2.26. The third-order valence-electron chi connectivity index (χ3n) is 3.15. The molecule has 0 saturated carbocycles. The van der Waals surface area contributed by atoms with E-state index in [0.29, 0.717) is 16.1 Å². The number of halogens is 2. The van der Waals surface area contributed by atoms with E-state index >= 15 is 0 Å². The van der Waals surface area contributed by atoms with Gasteiger partial charge in [-0.25, -0.2) is 4.99 Å². The highest BCUT2D eigenvalue weighted by Crippen LogP contribution is 2.28. The van der Waals surface area contributed by atoms with Crippen LogP contribution in [0.15, 0.2) is 23.2 Å². The third-order valence-corrected chi connectivity index (χ3v) is 3.89. The fourth-order valence-corrected chi connectivity index (χ4v) is 2.50. The summed E-state index contributed by atoms with van der Waals surface area (Å²) >= 11 is 11.9. The third kappa shape index (κ3) is 2.75. The van der Waals surface area contributed by atoms with Crippen molar-refractivity contribution in [2.24, 2.45) is 4.99 Å². The second-order valence-electron chi connectivity index (χ2n) is 4.30. The highest BCUT2D eigenvalue weighted by atomic mass is 35.5. The SMILES string of the molecule is CCN1C(=Nc2ccc(Cl)c(Cl)c2)CCC1C. The Morgan fingerprint density at radius 1 is 1.35 bits per heavy atom. The summed E-state index contributed by atoms with van der Waals surface area (Å²) in [5.41, 5.74) is 0.877. The first-order chi connectivity index (χ1) is 8.11. The zero-order valence-electron chi connectivity index (χ0n) is 10.1. The van der Waals surface area contributed by atoms with Gasteiger partial charge in [-0.3, -0.25) is 0 Å². The first kappa shape index (κ1) is 12.7. The molecule has 1 aromatic rings. The molecule has 4 heteroatoms. The number of aliphatic imine (C=N–C) groups is 1. The molecule has 1 saturated heterocycles. The largest absolute Gasteiger partial charge is 0.358 e. The predicted molar refractivity (Wildman–Crippen MR) is 74.6 cm³/mol. The minimum atomic E-state index is 0.558. The fourth-order valence-electron chi connectivity index (χ4n) is 2.21. The first-order valence-electron chi connectivity index (χ1n) is 5.91. The van der Waals surface area contributed by atoms with Crippen molar-refractivity contribution in [2.45, 2.75) is 32.7 Å². The van der Waals surface area contributed by atoms with Crippen LogP contribution in [0, 0.1) is 0 Å². The van der Waals surface area contributed by atoms with Crippen LogP contribution in [0.5, 0.6) is 0 Å². The maximum atomic E-state index is 5.98. The molecule has 92 valence electrons. The molecule has 1 atom stereocenters. The molecule has 1 aliphatic heterocycles. The molecular formula is C13H16Cl2N2. The molecule has 0 radical (unpaired) electrons. The van der Waals surface area contributed by atoms with Crippen molar-refractivity contribution in [1.29, 1.82) is 0 Å². The number of rotatable bonds is 2. The zero-order chi connectivity index (χ0) is 12.4. The van der Waals surface area contributed by atoms with Gasteiger partial charge in [-0.2, -0.15) is 0 Å². The van der Waals surface area contributed by atoms with Gasteiger partial charge in [0.1, 0.15) is 5.84 Å². The molecule has 1 heterocycles. The number of hydrogen-bond donors (Lipinski definition) is 0. The van der Waals surface area contributed by atoms with Crippen LogP contribution in [0.3, 0.4) is 0 Å². The summed E-state index contributed by atoms with van der Waals surface area (Å²) in [5, 5.41) is 1.13. The van der Waals surface area contributed by atoms with E-state index in [1.165, 1.54) is 6.42 Å². The van der Waals surface area contributed by atoms with Gasteiger partial charge in [0.2, 0.25) is 0 Å². The van der Waals surface area contributed by atoms with Gasteiger partial charge in [0, 0.05) is 19.0 Å². The van der Waals surface area contributed by atoms with Crippen LogP contribution >= 0.6 is 23.2 Å². The van der Waals surface area contributed by atoms with Crippen LogP contribution in [0.1, 0.15) is 26.7 Å². The lowest BCUT2D eigenvalue weighted by molar-refractivity contribution is 0.374. The summed E-state index contributed by atoms with van der Waals surface area (Å²) < 4.78 is 0. The smallest absolute Gasteiger partial charge is 0.105 e. The standard InChI is InChI=1S/C13H16Cl2N2/c1-3-17-9(2)4-7-13(17)16-10-5-6-11(14)12(15)8-10/h5-6,8-9H,3-4,7H2,1-2H3. The van der Waals surface area contributed by atoms with Crippen LogP contribution in [0.25, 0.3) is 0 Å². The van der Waals surface area contributed by atoms with E-state index in [9.17, 15) is 0 Å². The van der Waals surface area contributed by atoms with E-state index in [4.69, 9.17) is 23.2 Å². The molecule has 0 spiro atoms. The molecule has 0 bridgehead atoms. The van der Waals surface area contributed by atoms with Gasteiger partial charge in [-0.15, -0.1) is 0 Å². The summed E-state index contributed by atoms with van der Waals surface area (Å²) in [4.78, 5) is 7.00. The normalized spacial score (nSPS) is 22.5. The van der Waals surface area contributed by atoms with Gasteiger partial charge >= 0.3 is 0 Å². The van der Waals surface area contributed by atoms with Gasteiger partial charge < -0.3 is 4.90 Å². The monoisotopic (exact) mass is 270 g/mol. The molecule has 2 rings (SSSR count). The molecule has 2 nitrogen and oxygen atoms in total. The molecule has 0 N–H and O–H groups in total. The van der Waals surface area contributed by atoms with Gasteiger partial charge in [0.15, 0.2) is 0 Å². The van der Waals surface area contributed by atoms with E-state index in [2.05, 4.69) is 23.7 Å². The Morgan fingerprint density at radius 2 is 2.12 bits per heavy atom. The Kier molecular flexibility index (Phi) is 3.95. The zero-order valence-corrected chi connectivity index (χ0v) is 11.6. The topological polar surface area (TPSA) is 15.6 Å². The summed E-state index contributed by atoms with van der Waals surface area (Å²) in [5.74, 6) is 1.15. The molecule has 0 aromatic heterocycles. The van der Waals surface area contributed by atoms with Gasteiger partial charge in [0.25, 0.3) is 0 Å². The van der Waals surface area contributed by atoms with Crippen LogP contribution in [-0.2, 0) is 0 Å². The Labute approximate surface area is 112 Å². The maximum absolute atomic E-state index is 5.98. The van der Waals surface area contributed by atoms with E-state index in [1.54, 1.807) is 6.07 Å². The molecule has 1 fully saturated rings. The summed E-state index contributed by atoms with van der Waals surface area (Å²) in [6.07, 6.45) is 2.21. The molecule has 1 aliphatic rings. The predicted octanol–water partition coefficient (Wildman–Crippen LogP) is 4.53. The molecule has 0 amide bonds. The highest BCUT2D eigenvalue weighted by Gasteiger charge is 2.24. The van der Waals surface area contributed by atoms with E-state index in [-0.39, 0.29) is 0 Å². The summed E-state index contributed by atoms with van der Waals surface area (Å²) in [6, 6.07) is 6.09. The van der Waals surface area contributed by atoms with E-state index in [0.717, 1.165) is 24.5 Å². The van der Waals surface area contributed by atoms with Crippen molar-refractivity contribution in [3.05, 3.63) is 28.2 Å². The van der Waals surface area contributed by atoms with Gasteiger partial charge in [-0.1, -0.05) is 23.2 Å². The second kappa shape index (κ2) is 5.28. The molecule has 1 aromatic carbocycles. The molecule has 0 aliphatic carbocycles. The number of hydrogen-bond acceptors (Lipinski definition) is 1. The quantitative estimate of drug-likeness (QED) is 0.771. The fraction of sp³-hybridized carbons (Fsp3) is 0.462. The van der Waals surface area contributed by atoms with Crippen molar-refractivity contribution >= 4 is 34.7 Å². The minimum Gasteiger partial charge on any atom is -0.358 e. The van der Waals surface area contributed by atoms with E-state index < -0.39 is 0 Å². The lowest BCUT2D eigenvalue weighted by Crippen LogP contribution is -2.30. The minimum absolute atomic E-state index is 0.558. The molecule has 17 heavy (non-hydrogen) atoms. The van der Waals surface area contributed by atoms with Crippen LogP contribution in [-0.4, -0.2) is 23.3 Å². The number of likely N-dealkylation sites (tertiary alicyclic amines) is 1. The van der Waals surface area contributed by atoms with Crippen molar-refractivity contribution < 1.29 is 0 Å². The maximum Gasteiger partial charge on any atom is 0.105 e. The lowest BCUT2D eigenvalue weighted by Gasteiger charge is -2.22. The van der Waals surface area contributed by atoms with Crippen LogP contribution in [0.4, 0.5) is 5.69 Å². The van der Waals surface area contributed by atoms with Crippen LogP contribution in [0.2, 0.25) is 10.0 Å². The van der Waals surface area contributed by atoms with Gasteiger partial charge in [0.05, 0.1) is 15.7 Å². The highest BCUT2D eigenvalue weighted by molar-refractivity contribution is 6.42. The Morgan fingerprint density at radius 3 is 2.76 bits per heavy atom. The average Bonchev–Trinajstić information content (AvgIpc) is 2.64. The second-order valence-corrected chi connectivity index (χ2v) is 5.11. The summed E-state index contributed by atoms with van der Waals surface area (Å²) in [6.45, 7) is 5.40. The van der Waals surface area contributed by atoms with Crippen molar-refractivity contribution in [2.75, 3.05) is 6.54 Å². The number of amidine groups is 1.